The van der Waals surface area contributed by atoms with Crippen molar-refractivity contribution >= 4 is 85.5 Å². The molecule has 0 spiro atoms. The minimum absolute atomic E-state index is 0.0108. The van der Waals surface area contributed by atoms with Crippen molar-refractivity contribution in [2.24, 2.45) is 0 Å². The first-order valence-corrected chi connectivity index (χ1v) is 29.2. The summed E-state index contributed by atoms with van der Waals surface area (Å²) in [6.45, 7) is 34.2. The van der Waals surface area contributed by atoms with Crippen molar-refractivity contribution < 1.29 is 4.42 Å². The number of fused-ring (bicyclic) bond motifs is 6. The molecule has 0 atom stereocenters. The number of nitrogens with zero attached hydrogens (tertiary/aromatic N) is 3. The predicted molar refractivity (Wildman–Crippen MR) is 349 cm³/mol. The third-order valence-corrected chi connectivity index (χ3v) is 17.0. The number of hydrogen-bond donors (Lipinski definition) is 0. The monoisotopic (exact) mass is 1060 g/mol. The Morgan fingerprint density at radius 2 is 0.827 bits per heavy atom. The summed E-state index contributed by atoms with van der Waals surface area (Å²) in [5.41, 5.74) is 25.1. The van der Waals surface area contributed by atoms with Crippen LogP contribution in [0.2, 0.25) is 0 Å². The van der Waals surface area contributed by atoms with Crippen LogP contribution in [0, 0.1) is 0 Å². The van der Waals surface area contributed by atoms with Gasteiger partial charge in [0.1, 0.15) is 5.58 Å². The molecule has 1 aromatic heterocycles. The zero-order chi connectivity index (χ0) is 57.1. The molecule has 12 rings (SSSR count). The summed E-state index contributed by atoms with van der Waals surface area (Å²) in [5, 5.41) is 1.12. The van der Waals surface area contributed by atoms with Crippen LogP contribution in [0.4, 0.5) is 51.2 Å². The third-order valence-electron chi connectivity index (χ3n) is 17.0. The van der Waals surface area contributed by atoms with E-state index in [-0.39, 0.29) is 33.8 Å². The molecule has 0 bridgehead atoms. The molecular weight excluding hydrogens is 982 g/mol. The zero-order valence-electron chi connectivity index (χ0n) is 50.4. The van der Waals surface area contributed by atoms with Crippen molar-refractivity contribution in [2.45, 2.75) is 131 Å². The molecule has 2 aliphatic heterocycles. The van der Waals surface area contributed by atoms with Crippen molar-refractivity contribution in [3.63, 3.8) is 0 Å². The first-order valence-electron chi connectivity index (χ1n) is 29.2. The average molecular weight is 1060 g/mol. The van der Waals surface area contributed by atoms with Crippen LogP contribution in [0.1, 0.15) is 132 Å². The number of benzene rings is 9. The van der Waals surface area contributed by atoms with Gasteiger partial charge in [-0.15, -0.1) is 0 Å². The van der Waals surface area contributed by atoms with E-state index >= 15 is 0 Å². The smallest absolute Gasteiger partial charge is 0.297 e. The molecule has 5 heteroatoms. The summed E-state index contributed by atoms with van der Waals surface area (Å²) in [6.07, 6.45) is 0. The maximum absolute atomic E-state index is 7.49. The molecule has 3 heterocycles. The van der Waals surface area contributed by atoms with Crippen molar-refractivity contribution in [3.05, 3.63) is 228 Å². The highest BCUT2D eigenvalue weighted by Gasteiger charge is 2.47. The van der Waals surface area contributed by atoms with Crippen LogP contribution in [-0.4, -0.2) is 6.71 Å². The van der Waals surface area contributed by atoms with Crippen LogP contribution in [0.3, 0.4) is 0 Å². The van der Waals surface area contributed by atoms with Gasteiger partial charge in [-0.3, -0.25) is 0 Å². The summed E-state index contributed by atoms with van der Waals surface area (Å²) >= 11 is 0. The molecule has 0 aliphatic carbocycles. The molecule has 0 N–H and O–H groups in total. The minimum Gasteiger partial charge on any atom is -0.468 e. The lowest BCUT2D eigenvalue weighted by atomic mass is 9.35. The van der Waals surface area contributed by atoms with Crippen molar-refractivity contribution in [3.8, 4) is 22.3 Å². The highest BCUT2D eigenvalue weighted by Crippen LogP contribution is 2.51. The van der Waals surface area contributed by atoms with Crippen LogP contribution in [0.5, 0.6) is 0 Å². The molecule has 0 saturated carbocycles. The molecular formula is C76H78BN3O. The number of rotatable bonds is 7. The fraction of sp³-hybridized carbons (Fsp3) is 0.263. The topological polar surface area (TPSA) is 22.9 Å². The standard InChI is InChI=1S/C76H78BN3O/c1-72(2,3)52-26-34-57(35-27-52)78(64-42-32-55(75(10,11)12)46-61(64)50-24-20-17-21-25-50)60-40-41-63-65(48-60)79(58-36-28-53(29-37-58)73(4,5)6)66-44-51(49-22-18-16-19-23-49)45-67-69(66)77(63)71-70(62-47-56(76(13,14)15)33-43-68(62)81-71)80(67)59-38-30-54(31-39-59)74(7,8)9/h16-48H,1-15H3. The van der Waals surface area contributed by atoms with Gasteiger partial charge in [-0.05, 0) is 167 Å². The fourth-order valence-electron chi connectivity index (χ4n) is 12.2. The van der Waals surface area contributed by atoms with Gasteiger partial charge in [0, 0.05) is 50.8 Å². The Bertz CT molecular complexity index is 3990. The Morgan fingerprint density at radius 1 is 0.370 bits per heavy atom. The Morgan fingerprint density at radius 3 is 1.37 bits per heavy atom. The first kappa shape index (κ1) is 53.6. The second kappa shape index (κ2) is 19.3. The molecule has 81 heavy (non-hydrogen) atoms. The fourth-order valence-corrected chi connectivity index (χ4v) is 12.2. The van der Waals surface area contributed by atoms with Gasteiger partial charge in [0.25, 0.3) is 6.71 Å². The Kier molecular flexibility index (Phi) is 12.8. The third kappa shape index (κ3) is 9.67. The predicted octanol–water partition coefficient (Wildman–Crippen LogP) is 19.8. The van der Waals surface area contributed by atoms with Gasteiger partial charge in [0.05, 0.1) is 17.0 Å². The van der Waals surface area contributed by atoms with E-state index in [1.54, 1.807) is 0 Å². The molecule has 10 aromatic rings. The van der Waals surface area contributed by atoms with Crippen molar-refractivity contribution in [1.82, 2.24) is 0 Å². The summed E-state index contributed by atoms with van der Waals surface area (Å²) in [5.74, 6) is 0. The van der Waals surface area contributed by atoms with Gasteiger partial charge in [-0.2, -0.15) is 0 Å². The highest BCUT2D eigenvalue weighted by molar-refractivity contribution is 7.00. The second-order valence-corrected chi connectivity index (χ2v) is 28.0. The molecule has 0 fully saturated rings. The summed E-state index contributed by atoms with van der Waals surface area (Å²) in [7, 11) is 0. The maximum atomic E-state index is 7.49. The Balaban J connectivity index is 1.19. The van der Waals surface area contributed by atoms with Crippen LogP contribution < -0.4 is 31.3 Å². The zero-order valence-corrected chi connectivity index (χ0v) is 50.4. The van der Waals surface area contributed by atoms with Crippen molar-refractivity contribution in [2.75, 3.05) is 14.7 Å². The van der Waals surface area contributed by atoms with Crippen LogP contribution in [0.25, 0.3) is 33.2 Å². The molecule has 2 aliphatic rings. The van der Waals surface area contributed by atoms with Gasteiger partial charge in [-0.25, -0.2) is 0 Å². The van der Waals surface area contributed by atoms with Gasteiger partial charge in [-0.1, -0.05) is 219 Å². The largest absolute Gasteiger partial charge is 0.468 e. The Hall–Kier alpha value is -8.02. The van der Waals surface area contributed by atoms with E-state index in [2.05, 4.69) is 319 Å². The summed E-state index contributed by atoms with van der Waals surface area (Å²) in [6, 6.07) is 75.9. The van der Waals surface area contributed by atoms with Crippen LogP contribution >= 0.6 is 0 Å². The van der Waals surface area contributed by atoms with Gasteiger partial charge in [0.2, 0.25) is 0 Å². The lowest BCUT2D eigenvalue weighted by Crippen LogP contribution is -2.61. The van der Waals surface area contributed by atoms with Gasteiger partial charge < -0.3 is 19.1 Å². The van der Waals surface area contributed by atoms with Gasteiger partial charge in [0.15, 0.2) is 0 Å². The van der Waals surface area contributed by atoms with Crippen molar-refractivity contribution in [1.29, 1.82) is 0 Å². The number of hydrogen-bond acceptors (Lipinski definition) is 4. The lowest BCUT2D eigenvalue weighted by Gasteiger charge is -2.43. The number of furan rings is 1. The molecule has 406 valence electrons. The summed E-state index contributed by atoms with van der Waals surface area (Å²) in [4.78, 5) is 7.58. The van der Waals surface area contributed by atoms with E-state index in [9.17, 15) is 0 Å². The molecule has 4 nitrogen and oxygen atoms in total. The van der Waals surface area contributed by atoms with E-state index in [0.717, 1.165) is 78.9 Å². The van der Waals surface area contributed by atoms with Crippen LogP contribution in [-0.2, 0) is 27.1 Å². The Labute approximate surface area is 483 Å². The number of anilines is 9. The van der Waals surface area contributed by atoms with Gasteiger partial charge >= 0.3 is 0 Å². The molecule has 0 radical (unpaired) electrons. The van der Waals surface area contributed by atoms with E-state index in [4.69, 9.17) is 4.42 Å². The highest BCUT2D eigenvalue weighted by atomic mass is 16.3. The molecule has 0 amide bonds. The van der Waals surface area contributed by atoms with E-state index in [0.29, 0.717) is 0 Å². The molecule has 0 unspecified atom stereocenters. The first-order chi connectivity index (χ1) is 38.3. The summed E-state index contributed by atoms with van der Waals surface area (Å²) < 4.78 is 7.49. The van der Waals surface area contributed by atoms with E-state index in [1.165, 1.54) is 49.9 Å². The maximum Gasteiger partial charge on any atom is 0.297 e. The van der Waals surface area contributed by atoms with E-state index in [1.807, 2.05) is 0 Å². The molecule has 9 aromatic carbocycles. The SMILES string of the molecule is CC(C)(C)c1ccc(N(c2ccc3c(c2)N(c2ccc(C(C)(C)C)cc2)c2cc(-c4ccccc4)cc4c2B3c2oc3ccc(C(C)(C)C)cc3c2N4c2ccc(C(C)(C)C)cc2)c2ccc(C(C)(C)C)cc2-c2ccccc2)cc1. The van der Waals surface area contributed by atoms with Crippen LogP contribution in [0.15, 0.2) is 205 Å². The quantitative estimate of drug-likeness (QED) is 0.148. The average Bonchev–Trinajstić information content (AvgIpc) is 2.22. The van der Waals surface area contributed by atoms with E-state index < -0.39 is 0 Å². The second-order valence-electron chi connectivity index (χ2n) is 28.0. The molecule has 0 saturated heterocycles. The lowest BCUT2D eigenvalue weighted by molar-refractivity contribution is 0.590. The normalized spacial score (nSPS) is 13.5. The minimum atomic E-state index is -0.245.